The zero-order valence-electron chi connectivity index (χ0n) is 7.36. The Hall–Kier alpha value is -0.810. The Morgan fingerprint density at radius 2 is 2.38 bits per heavy atom. The zero-order valence-corrected chi connectivity index (χ0v) is 8.17. The number of hydrogen-bond acceptors (Lipinski definition) is 5. The van der Waals surface area contributed by atoms with E-state index in [1.165, 1.54) is 0 Å². The van der Waals surface area contributed by atoms with Crippen molar-refractivity contribution in [1.82, 2.24) is 9.97 Å². The van der Waals surface area contributed by atoms with Crippen molar-refractivity contribution < 1.29 is 4.74 Å². The van der Waals surface area contributed by atoms with Gasteiger partial charge in [0.1, 0.15) is 10.8 Å². The highest BCUT2D eigenvalue weighted by molar-refractivity contribution is 8.00. The molecule has 1 aliphatic heterocycles. The van der Waals surface area contributed by atoms with Gasteiger partial charge in [0.15, 0.2) is 0 Å². The lowest BCUT2D eigenvalue weighted by Crippen LogP contribution is -2.30. The number of rotatable bonds is 3. The van der Waals surface area contributed by atoms with Gasteiger partial charge in [0, 0.05) is 7.05 Å². The van der Waals surface area contributed by atoms with E-state index in [2.05, 4.69) is 15.3 Å². The lowest BCUT2D eigenvalue weighted by molar-refractivity contribution is 0.0454. The number of nitrogens with zero attached hydrogens (tertiary/aromatic N) is 2. The summed E-state index contributed by atoms with van der Waals surface area (Å²) in [6.07, 6.45) is 3.49. The standard InChI is InChI=1S/C8H11N3OS/c1-9-7-2-10-3-8(11-7)13-6-4-12-5-6/h2-3,6H,4-5H2,1H3,(H,9,11). The molecule has 2 heterocycles. The molecule has 1 N–H and O–H groups in total. The third kappa shape index (κ3) is 2.10. The highest BCUT2D eigenvalue weighted by Crippen LogP contribution is 2.26. The van der Waals surface area contributed by atoms with E-state index in [0.29, 0.717) is 5.25 Å². The van der Waals surface area contributed by atoms with Gasteiger partial charge in [-0.25, -0.2) is 4.98 Å². The zero-order chi connectivity index (χ0) is 9.10. The summed E-state index contributed by atoms with van der Waals surface area (Å²) in [7, 11) is 1.84. The van der Waals surface area contributed by atoms with E-state index in [0.717, 1.165) is 24.1 Å². The van der Waals surface area contributed by atoms with E-state index < -0.39 is 0 Å². The van der Waals surface area contributed by atoms with Gasteiger partial charge in [0.05, 0.1) is 30.9 Å². The summed E-state index contributed by atoms with van der Waals surface area (Å²) < 4.78 is 5.08. The summed E-state index contributed by atoms with van der Waals surface area (Å²) in [6, 6.07) is 0. The second-order valence-electron chi connectivity index (χ2n) is 2.77. The predicted octanol–water partition coefficient (Wildman–Crippen LogP) is 1.01. The first-order valence-corrected chi connectivity index (χ1v) is 5.00. The van der Waals surface area contributed by atoms with Crippen LogP contribution < -0.4 is 5.32 Å². The van der Waals surface area contributed by atoms with Crippen molar-refractivity contribution in [1.29, 1.82) is 0 Å². The van der Waals surface area contributed by atoms with Crippen molar-refractivity contribution in [3.8, 4) is 0 Å². The third-order valence-electron chi connectivity index (χ3n) is 1.76. The molecule has 0 aliphatic carbocycles. The van der Waals surface area contributed by atoms with Gasteiger partial charge in [-0.1, -0.05) is 11.8 Å². The summed E-state index contributed by atoms with van der Waals surface area (Å²) in [4.78, 5) is 8.43. The van der Waals surface area contributed by atoms with Gasteiger partial charge >= 0.3 is 0 Å². The van der Waals surface area contributed by atoms with Crippen molar-refractivity contribution >= 4 is 17.6 Å². The molecule has 0 aromatic carbocycles. The largest absolute Gasteiger partial charge is 0.379 e. The number of ether oxygens (including phenoxy) is 1. The maximum atomic E-state index is 5.08. The van der Waals surface area contributed by atoms with E-state index in [4.69, 9.17) is 4.74 Å². The van der Waals surface area contributed by atoms with Crippen LogP contribution in [0, 0.1) is 0 Å². The van der Waals surface area contributed by atoms with Crippen LogP contribution >= 0.6 is 11.8 Å². The molecule has 0 amide bonds. The summed E-state index contributed by atoms with van der Waals surface area (Å²) in [5, 5.41) is 4.47. The van der Waals surface area contributed by atoms with Gasteiger partial charge in [0.2, 0.25) is 0 Å². The highest BCUT2D eigenvalue weighted by atomic mass is 32.2. The molecule has 0 spiro atoms. The first-order chi connectivity index (χ1) is 6.38. The maximum Gasteiger partial charge on any atom is 0.145 e. The van der Waals surface area contributed by atoms with Gasteiger partial charge in [0.25, 0.3) is 0 Å². The quantitative estimate of drug-likeness (QED) is 0.783. The molecule has 0 bridgehead atoms. The van der Waals surface area contributed by atoms with Crippen LogP contribution in [0.1, 0.15) is 0 Å². The van der Waals surface area contributed by atoms with Crippen LogP contribution in [0.5, 0.6) is 0 Å². The Labute approximate surface area is 81.1 Å². The van der Waals surface area contributed by atoms with Crippen molar-refractivity contribution in [2.45, 2.75) is 10.3 Å². The van der Waals surface area contributed by atoms with Crippen LogP contribution in [0.4, 0.5) is 5.82 Å². The van der Waals surface area contributed by atoms with Crippen LogP contribution in [0.3, 0.4) is 0 Å². The summed E-state index contributed by atoms with van der Waals surface area (Å²) in [6.45, 7) is 1.66. The van der Waals surface area contributed by atoms with Crippen LogP contribution in [-0.2, 0) is 4.74 Å². The summed E-state index contributed by atoms with van der Waals surface area (Å²) in [5.41, 5.74) is 0. The topological polar surface area (TPSA) is 47.0 Å². The molecule has 0 radical (unpaired) electrons. The maximum absolute atomic E-state index is 5.08. The number of thioether (sulfide) groups is 1. The van der Waals surface area contributed by atoms with E-state index in [9.17, 15) is 0 Å². The normalized spacial score (nSPS) is 16.7. The minimum atomic E-state index is 0.557. The molecule has 1 fully saturated rings. The van der Waals surface area contributed by atoms with E-state index in [1.807, 2.05) is 7.05 Å². The molecule has 1 aliphatic rings. The lowest BCUT2D eigenvalue weighted by atomic mass is 10.4. The van der Waals surface area contributed by atoms with Gasteiger partial charge < -0.3 is 10.1 Å². The molecule has 0 atom stereocenters. The number of nitrogens with one attached hydrogen (secondary N) is 1. The molecular formula is C8H11N3OS. The fourth-order valence-corrected chi connectivity index (χ4v) is 1.92. The first-order valence-electron chi connectivity index (χ1n) is 4.12. The average Bonchev–Trinajstić information content (AvgIpc) is 2.12. The Bertz CT molecular complexity index is 290. The van der Waals surface area contributed by atoms with Gasteiger partial charge in [-0.15, -0.1) is 0 Å². The molecule has 2 rings (SSSR count). The molecule has 70 valence electrons. The minimum Gasteiger partial charge on any atom is -0.379 e. The van der Waals surface area contributed by atoms with Crippen LogP contribution in [0.25, 0.3) is 0 Å². The highest BCUT2D eigenvalue weighted by Gasteiger charge is 2.20. The van der Waals surface area contributed by atoms with E-state index in [1.54, 1.807) is 24.2 Å². The lowest BCUT2D eigenvalue weighted by Gasteiger charge is -2.24. The van der Waals surface area contributed by atoms with Crippen molar-refractivity contribution in [2.24, 2.45) is 0 Å². The van der Waals surface area contributed by atoms with Gasteiger partial charge in [-0.3, -0.25) is 4.98 Å². The smallest absolute Gasteiger partial charge is 0.145 e. The Kier molecular flexibility index (Phi) is 2.65. The van der Waals surface area contributed by atoms with Crippen LogP contribution in [0.2, 0.25) is 0 Å². The predicted molar refractivity (Wildman–Crippen MR) is 52.0 cm³/mol. The van der Waals surface area contributed by atoms with E-state index in [-0.39, 0.29) is 0 Å². The number of anilines is 1. The summed E-state index contributed by atoms with van der Waals surface area (Å²) >= 11 is 1.72. The van der Waals surface area contributed by atoms with Gasteiger partial charge in [-0.05, 0) is 0 Å². The van der Waals surface area contributed by atoms with E-state index >= 15 is 0 Å². The number of aromatic nitrogens is 2. The molecule has 1 aromatic rings. The minimum absolute atomic E-state index is 0.557. The SMILES string of the molecule is CNc1cncc(SC2COC2)n1. The molecule has 1 aromatic heterocycles. The number of hydrogen-bond donors (Lipinski definition) is 1. The van der Waals surface area contributed by atoms with Crippen molar-refractivity contribution in [2.75, 3.05) is 25.6 Å². The second kappa shape index (κ2) is 3.93. The van der Waals surface area contributed by atoms with Crippen molar-refractivity contribution in [3.05, 3.63) is 12.4 Å². The fourth-order valence-electron chi connectivity index (χ4n) is 0.978. The van der Waals surface area contributed by atoms with Crippen LogP contribution in [0.15, 0.2) is 17.4 Å². The van der Waals surface area contributed by atoms with Gasteiger partial charge in [-0.2, -0.15) is 0 Å². The second-order valence-corrected chi connectivity index (χ2v) is 4.09. The van der Waals surface area contributed by atoms with Crippen molar-refractivity contribution in [3.63, 3.8) is 0 Å². The fraction of sp³-hybridized carbons (Fsp3) is 0.500. The Balaban J connectivity index is 2.01. The molecule has 4 nitrogen and oxygen atoms in total. The average molecular weight is 197 g/mol. The molecule has 0 unspecified atom stereocenters. The molecule has 5 heteroatoms. The molecule has 1 saturated heterocycles. The monoisotopic (exact) mass is 197 g/mol. The third-order valence-corrected chi connectivity index (χ3v) is 2.81. The first kappa shape index (κ1) is 8.77. The molecule has 13 heavy (non-hydrogen) atoms. The Morgan fingerprint density at radius 1 is 1.54 bits per heavy atom. The van der Waals surface area contributed by atoms with Crippen LogP contribution in [-0.4, -0.2) is 35.5 Å². The Morgan fingerprint density at radius 3 is 3.00 bits per heavy atom. The molecular weight excluding hydrogens is 186 g/mol. The molecule has 0 saturated carbocycles. The summed E-state index contributed by atoms with van der Waals surface area (Å²) in [5.74, 6) is 0.810.